The van der Waals surface area contributed by atoms with E-state index in [0.29, 0.717) is 5.75 Å². The fraction of sp³-hybridized carbons (Fsp3) is 0.364. The summed E-state index contributed by atoms with van der Waals surface area (Å²) in [5.74, 6) is -0.328. The molecule has 5 nitrogen and oxygen atoms in total. The smallest absolute Gasteiger partial charge is 0.225 e. The van der Waals surface area contributed by atoms with Crippen LogP contribution >= 0.6 is 0 Å². The SMILES string of the molecule is COc1cc(F)c(NC(=O)CCN)cc1OC. The molecule has 3 N–H and O–H groups in total. The summed E-state index contributed by atoms with van der Waals surface area (Å²) in [7, 11) is 2.84. The van der Waals surface area contributed by atoms with Gasteiger partial charge in [-0.2, -0.15) is 0 Å². The van der Waals surface area contributed by atoms with Gasteiger partial charge in [0.25, 0.3) is 0 Å². The van der Waals surface area contributed by atoms with Crippen LogP contribution < -0.4 is 20.5 Å². The molecule has 0 unspecified atom stereocenters. The second-order valence-corrected chi connectivity index (χ2v) is 3.27. The molecule has 0 atom stereocenters. The molecule has 0 aliphatic heterocycles. The number of ether oxygens (including phenoxy) is 2. The number of carbonyl (C=O) groups is 1. The van der Waals surface area contributed by atoms with Crippen molar-refractivity contribution in [3.05, 3.63) is 17.9 Å². The van der Waals surface area contributed by atoms with E-state index < -0.39 is 5.82 Å². The highest BCUT2D eigenvalue weighted by molar-refractivity contribution is 5.91. The molecule has 0 heterocycles. The minimum atomic E-state index is -0.590. The van der Waals surface area contributed by atoms with Crippen molar-refractivity contribution in [2.45, 2.75) is 6.42 Å². The monoisotopic (exact) mass is 242 g/mol. The Labute approximate surface area is 98.7 Å². The summed E-state index contributed by atoms with van der Waals surface area (Å²) in [5, 5.41) is 2.41. The average molecular weight is 242 g/mol. The number of methoxy groups -OCH3 is 2. The zero-order chi connectivity index (χ0) is 12.8. The van der Waals surface area contributed by atoms with Gasteiger partial charge < -0.3 is 20.5 Å². The molecule has 1 amide bonds. The van der Waals surface area contributed by atoms with Crippen molar-refractivity contribution in [1.29, 1.82) is 0 Å². The van der Waals surface area contributed by atoms with Crippen LogP contribution in [0.4, 0.5) is 10.1 Å². The maximum absolute atomic E-state index is 13.6. The summed E-state index contributed by atoms with van der Waals surface area (Å²) in [6, 6.07) is 2.51. The fourth-order valence-electron chi connectivity index (χ4n) is 1.29. The van der Waals surface area contributed by atoms with E-state index in [0.717, 1.165) is 6.07 Å². The first kappa shape index (κ1) is 13.2. The van der Waals surface area contributed by atoms with Gasteiger partial charge in [0.1, 0.15) is 0 Å². The Kier molecular flexibility index (Phi) is 4.71. The number of hydrogen-bond donors (Lipinski definition) is 2. The van der Waals surface area contributed by atoms with Crippen LogP contribution in [0, 0.1) is 5.82 Å². The summed E-state index contributed by atoms with van der Waals surface area (Å²) in [6.07, 6.45) is 0.133. The lowest BCUT2D eigenvalue weighted by molar-refractivity contribution is -0.116. The number of amides is 1. The lowest BCUT2D eigenvalue weighted by atomic mass is 10.2. The molecule has 0 bridgehead atoms. The van der Waals surface area contributed by atoms with Crippen molar-refractivity contribution in [2.24, 2.45) is 5.73 Å². The molecule has 0 saturated carbocycles. The molecule has 1 aromatic carbocycles. The Morgan fingerprint density at radius 1 is 1.35 bits per heavy atom. The Bertz CT molecular complexity index is 410. The lowest BCUT2D eigenvalue weighted by Crippen LogP contribution is -2.17. The lowest BCUT2D eigenvalue weighted by Gasteiger charge is -2.11. The minimum absolute atomic E-state index is 0.0427. The van der Waals surface area contributed by atoms with Crippen molar-refractivity contribution in [2.75, 3.05) is 26.1 Å². The van der Waals surface area contributed by atoms with Gasteiger partial charge in [0.2, 0.25) is 5.91 Å². The van der Waals surface area contributed by atoms with Gasteiger partial charge in [0, 0.05) is 25.1 Å². The zero-order valence-corrected chi connectivity index (χ0v) is 9.75. The van der Waals surface area contributed by atoms with E-state index in [9.17, 15) is 9.18 Å². The minimum Gasteiger partial charge on any atom is -0.493 e. The van der Waals surface area contributed by atoms with Crippen LogP contribution in [0.5, 0.6) is 11.5 Å². The van der Waals surface area contributed by atoms with E-state index in [-0.39, 0.29) is 30.3 Å². The number of anilines is 1. The highest BCUT2D eigenvalue weighted by Crippen LogP contribution is 2.32. The molecule has 0 aromatic heterocycles. The molecule has 17 heavy (non-hydrogen) atoms. The molecule has 0 radical (unpaired) electrons. The van der Waals surface area contributed by atoms with Gasteiger partial charge in [0.05, 0.1) is 19.9 Å². The molecule has 1 rings (SSSR count). The van der Waals surface area contributed by atoms with Crippen molar-refractivity contribution in [3.8, 4) is 11.5 Å². The first-order valence-electron chi connectivity index (χ1n) is 5.03. The molecule has 0 fully saturated rings. The standard InChI is InChI=1S/C11H15FN2O3/c1-16-9-5-7(12)8(6-10(9)17-2)14-11(15)3-4-13/h5-6H,3-4,13H2,1-2H3,(H,14,15). The number of carbonyl (C=O) groups excluding carboxylic acids is 1. The maximum atomic E-state index is 13.6. The van der Waals surface area contributed by atoms with Gasteiger partial charge in [-0.1, -0.05) is 0 Å². The summed E-state index contributed by atoms with van der Waals surface area (Å²) < 4.78 is 23.5. The van der Waals surface area contributed by atoms with Gasteiger partial charge in [-0.3, -0.25) is 4.79 Å². The van der Waals surface area contributed by atoms with E-state index in [1.165, 1.54) is 20.3 Å². The molecule has 6 heteroatoms. The molecule has 0 saturated heterocycles. The Hall–Kier alpha value is -1.82. The van der Waals surface area contributed by atoms with Gasteiger partial charge in [-0.05, 0) is 0 Å². The Morgan fingerprint density at radius 2 is 1.94 bits per heavy atom. The van der Waals surface area contributed by atoms with E-state index >= 15 is 0 Å². The van der Waals surface area contributed by atoms with Crippen LogP contribution in [-0.2, 0) is 4.79 Å². The number of nitrogens with one attached hydrogen (secondary N) is 1. The highest BCUT2D eigenvalue weighted by atomic mass is 19.1. The molecule has 1 aromatic rings. The first-order chi connectivity index (χ1) is 8.12. The van der Waals surface area contributed by atoms with Gasteiger partial charge in [-0.15, -0.1) is 0 Å². The van der Waals surface area contributed by atoms with Crippen LogP contribution in [-0.4, -0.2) is 26.7 Å². The number of benzene rings is 1. The molecule has 0 spiro atoms. The molecule has 0 aliphatic rings. The van der Waals surface area contributed by atoms with Gasteiger partial charge in [-0.25, -0.2) is 4.39 Å². The van der Waals surface area contributed by atoms with Crippen molar-refractivity contribution >= 4 is 11.6 Å². The van der Waals surface area contributed by atoms with E-state index in [2.05, 4.69) is 5.32 Å². The molecular weight excluding hydrogens is 227 g/mol. The number of nitrogens with two attached hydrogens (primary N) is 1. The Morgan fingerprint density at radius 3 is 2.47 bits per heavy atom. The maximum Gasteiger partial charge on any atom is 0.225 e. The zero-order valence-electron chi connectivity index (χ0n) is 9.75. The molecule has 94 valence electrons. The number of halogens is 1. The third-order valence-electron chi connectivity index (χ3n) is 2.12. The second kappa shape index (κ2) is 6.05. The van der Waals surface area contributed by atoms with Crippen LogP contribution in [0.3, 0.4) is 0 Å². The third-order valence-corrected chi connectivity index (χ3v) is 2.12. The number of hydrogen-bond acceptors (Lipinski definition) is 4. The van der Waals surface area contributed by atoms with Crippen molar-refractivity contribution < 1.29 is 18.7 Å². The van der Waals surface area contributed by atoms with Crippen LogP contribution in [0.2, 0.25) is 0 Å². The summed E-state index contributed by atoms with van der Waals surface area (Å²) in [6.45, 7) is 0.209. The Balaban J connectivity index is 2.96. The second-order valence-electron chi connectivity index (χ2n) is 3.27. The third kappa shape index (κ3) is 3.32. The summed E-state index contributed by atoms with van der Waals surface area (Å²) >= 11 is 0. The van der Waals surface area contributed by atoms with Gasteiger partial charge >= 0.3 is 0 Å². The quantitative estimate of drug-likeness (QED) is 0.811. The van der Waals surface area contributed by atoms with Crippen LogP contribution in [0.15, 0.2) is 12.1 Å². The van der Waals surface area contributed by atoms with Crippen LogP contribution in [0.1, 0.15) is 6.42 Å². The average Bonchev–Trinajstić information content (AvgIpc) is 2.31. The topological polar surface area (TPSA) is 73.6 Å². The van der Waals surface area contributed by atoms with E-state index in [4.69, 9.17) is 15.2 Å². The fourth-order valence-corrected chi connectivity index (χ4v) is 1.29. The number of rotatable bonds is 5. The molecular formula is C11H15FN2O3. The van der Waals surface area contributed by atoms with Crippen LogP contribution in [0.25, 0.3) is 0 Å². The highest BCUT2D eigenvalue weighted by Gasteiger charge is 2.12. The first-order valence-corrected chi connectivity index (χ1v) is 5.03. The normalized spacial score (nSPS) is 9.88. The molecule has 0 aliphatic carbocycles. The van der Waals surface area contributed by atoms with Crippen molar-refractivity contribution in [1.82, 2.24) is 0 Å². The van der Waals surface area contributed by atoms with E-state index in [1.807, 2.05) is 0 Å². The summed E-state index contributed by atoms with van der Waals surface area (Å²) in [4.78, 5) is 11.3. The predicted octanol–water partition coefficient (Wildman–Crippen LogP) is 1.13. The van der Waals surface area contributed by atoms with Gasteiger partial charge in [0.15, 0.2) is 17.3 Å². The van der Waals surface area contributed by atoms with Crippen molar-refractivity contribution in [3.63, 3.8) is 0 Å². The largest absolute Gasteiger partial charge is 0.493 e. The van der Waals surface area contributed by atoms with E-state index in [1.54, 1.807) is 0 Å². The predicted molar refractivity (Wildman–Crippen MR) is 61.8 cm³/mol. The summed E-state index contributed by atoms with van der Waals surface area (Å²) in [5.41, 5.74) is 5.27.